The van der Waals surface area contributed by atoms with E-state index in [9.17, 15) is 18.0 Å². The van der Waals surface area contributed by atoms with E-state index in [0.29, 0.717) is 30.1 Å². The Labute approximate surface area is 194 Å². The summed E-state index contributed by atoms with van der Waals surface area (Å²) in [6, 6.07) is 11.4. The first kappa shape index (κ1) is 24.4. The molecule has 0 spiro atoms. The van der Waals surface area contributed by atoms with E-state index in [1.165, 1.54) is 20.3 Å². The van der Waals surface area contributed by atoms with Gasteiger partial charge in [-0.15, -0.1) is 0 Å². The van der Waals surface area contributed by atoms with Crippen molar-refractivity contribution in [3.63, 3.8) is 0 Å². The van der Waals surface area contributed by atoms with E-state index in [0.717, 1.165) is 29.8 Å². The number of sulfonamides is 1. The molecule has 1 heterocycles. The van der Waals surface area contributed by atoms with Crippen LogP contribution in [0.25, 0.3) is 0 Å². The number of amides is 2. The summed E-state index contributed by atoms with van der Waals surface area (Å²) in [4.78, 5) is 27.7. The summed E-state index contributed by atoms with van der Waals surface area (Å²) >= 11 is 0. The summed E-state index contributed by atoms with van der Waals surface area (Å²) in [5, 5.41) is 2.70. The molecule has 2 amide bonds. The van der Waals surface area contributed by atoms with Crippen molar-refractivity contribution in [3.05, 3.63) is 48.0 Å². The number of nitrogens with zero attached hydrogens (tertiary/aromatic N) is 2. The standard InChI is InChI=1S/C23H29N3O6S/c1-31-17-11-12-21(32-2)20(15-17)26(33(3,29)30)16-22(27)24-19-10-6-5-9-18(19)23(28)25-13-7-4-8-14-25/h5-6,9-12,15H,4,7-8,13-14,16H2,1-3H3,(H,24,27). The van der Waals surface area contributed by atoms with Gasteiger partial charge in [0.05, 0.1) is 37.4 Å². The van der Waals surface area contributed by atoms with Crippen LogP contribution in [0.3, 0.4) is 0 Å². The molecule has 0 radical (unpaired) electrons. The second-order valence-electron chi connectivity index (χ2n) is 7.75. The Hall–Kier alpha value is -3.27. The van der Waals surface area contributed by atoms with Crippen LogP contribution in [-0.2, 0) is 14.8 Å². The van der Waals surface area contributed by atoms with Gasteiger partial charge in [-0.05, 0) is 43.5 Å². The number of methoxy groups -OCH3 is 2. The molecule has 178 valence electrons. The van der Waals surface area contributed by atoms with Gasteiger partial charge in [-0.1, -0.05) is 12.1 Å². The van der Waals surface area contributed by atoms with Crippen molar-refractivity contribution in [2.75, 3.05) is 49.7 Å². The molecule has 1 N–H and O–H groups in total. The SMILES string of the molecule is COc1ccc(OC)c(N(CC(=O)Nc2ccccc2C(=O)N2CCCCC2)S(C)(=O)=O)c1. The summed E-state index contributed by atoms with van der Waals surface area (Å²) < 4.78 is 36.6. The molecule has 0 unspecified atom stereocenters. The van der Waals surface area contributed by atoms with Crippen molar-refractivity contribution in [2.45, 2.75) is 19.3 Å². The summed E-state index contributed by atoms with van der Waals surface area (Å²) in [5.41, 5.74) is 0.883. The monoisotopic (exact) mass is 475 g/mol. The minimum absolute atomic E-state index is 0.153. The van der Waals surface area contributed by atoms with E-state index in [-0.39, 0.29) is 17.3 Å². The minimum atomic E-state index is -3.84. The first-order valence-electron chi connectivity index (χ1n) is 10.6. The molecule has 0 aliphatic carbocycles. The van der Waals surface area contributed by atoms with Crippen molar-refractivity contribution < 1.29 is 27.5 Å². The number of piperidine rings is 1. The highest BCUT2D eigenvalue weighted by molar-refractivity contribution is 7.92. The van der Waals surface area contributed by atoms with E-state index in [4.69, 9.17) is 9.47 Å². The Kier molecular flexibility index (Phi) is 7.80. The number of anilines is 2. The fraction of sp³-hybridized carbons (Fsp3) is 0.391. The zero-order valence-electron chi connectivity index (χ0n) is 19.0. The van der Waals surface area contributed by atoms with Gasteiger partial charge in [-0.3, -0.25) is 13.9 Å². The number of benzene rings is 2. The number of likely N-dealkylation sites (tertiary alicyclic amines) is 1. The predicted octanol–water partition coefficient (Wildman–Crippen LogP) is 2.73. The molecule has 10 heteroatoms. The average Bonchev–Trinajstić information content (AvgIpc) is 2.82. The molecule has 1 aliphatic rings. The third kappa shape index (κ3) is 5.95. The number of para-hydroxylation sites is 1. The lowest BCUT2D eigenvalue weighted by molar-refractivity contribution is -0.114. The summed E-state index contributed by atoms with van der Waals surface area (Å²) in [6.07, 6.45) is 4.00. The van der Waals surface area contributed by atoms with Gasteiger partial charge in [0.1, 0.15) is 18.0 Å². The number of ether oxygens (including phenoxy) is 2. The highest BCUT2D eigenvalue weighted by atomic mass is 32.2. The maximum absolute atomic E-state index is 13.0. The molecule has 9 nitrogen and oxygen atoms in total. The van der Waals surface area contributed by atoms with Crippen LogP contribution in [0.4, 0.5) is 11.4 Å². The van der Waals surface area contributed by atoms with Crippen LogP contribution in [0, 0.1) is 0 Å². The Morgan fingerprint density at radius 3 is 2.36 bits per heavy atom. The van der Waals surface area contributed by atoms with Gasteiger partial charge >= 0.3 is 0 Å². The molecule has 3 rings (SSSR count). The Bertz CT molecular complexity index is 1110. The quantitative estimate of drug-likeness (QED) is 0.629. The van der Waals surface area contributed by atoms with Gasteiger partial charge in [0.15, 0.2) is 0 Å². The minimum Gasteiger partial charge on any atom is -0.497 e. The normalized spacial score (nSPS) is 13.8. The third-order valence-electron chi connectivity index (χ3n) is 5.42. The molecule has 1 saturated heterocycles. The van der Waals surface area contributed by atoms with E-state index in [1.54, 1.807) is 41.3 Å². The van der Waals surface area contributed by atoms with Crippen LogP contribution in [-0.4, -0.2) is 65.2 Å². The number of carbonyl (C=O) groups is 2. The Morgan fingerprint density at radius 1 is 1.03 bits per heavy atom. The zero-order valence-corrected chi connectivity index (χ0v) is 19.9. The van der Waals surface area contributed by atoms with Crippen molar-refractivity contribution in [2.24, 2.45) is 0 Å². The van der Waals surface area contributed by atoms with E-state index in [2.05, 4.69) is 5.32 Å². The van der Waals surface area contributed by atoms with E-state index >= 15 is 0 Å². The van der Waals surface area contributed by atoms with Gasteiger partial charge in [0, 0.05) is 19.2 Å². The fourth-order valence-electron chi connectivity index (χ4n) is 3.74. The van der Waals surface area contributed by atoms with Gasteiger partial charge < -0.3 is 19.7 Å². The molecule has 33 heavy (non-hydrogen) atoms. The molecule has 1 fully saturated rings. The molecule has 0 saturated carbocycles. The van der Waals surface area contributed by atoms with Crippen LogP contribution < -0.4 is 19.1 Å². The maximum atomic E-state index is 13.0. The molecular weight excluding hydrogens is 446 g/mol. The highest BCUT2D eigenvalue weighted by Gasteiger charge is 2.26. The Morgan fingerprint density at radius 2 is 1.73 bits per heavy atom. The lowest BCUT2D eigenvalue weighted by Gasteiger charge is -2.28. The van der Waals surface area contributed by atoms with Crippen LogP contribution in [0.15, 0.2) is 42.5 Å². The second kappa shape index (κ2) is 10.6. The summed E-state index contributed by atoms with van der Waals surface area (Å²) in [7, 11) is -0.976. The summed E-state index contributed by atoms with van der Waals surface area (Å²) in [5.74, 6) is -0.0590. The molecule has 0 atom stereocenters. The first-order chi connectivity index (χ1) is 15.7. The second-order valence-corrected chi connectivity index (χ2v) is 9.66. The third-order valence-corrected chi connectivity index (χ3v) is 6.54. The number of rotatable bonds is 8. The number of nitrogens with one attached hydrogen (secondary N) is 1. The molecule has 0 aromatic heterocycles. The van der Waals surface area contributed by atoms with Gasteiger partial charge in [0.25, 0.3) is 5.91 Å². The molecule has 0 bridgehead atoms. The van der Waals surface area contributed by atoms with Crippen LogP contribution in [0.1, 0.15) is 29.6 Å². The topological polar surface area (TPSA) is 105 Å². The van der Waals surface area contributed by atoms with Gasteiger partial charge in [0.2, 0.25) is 15.9 Å². The number of hydrogen-bond acceptors (Lipinski definition) is 6. The highest BCUT2D eigenvalue weighted by Crippen LogP contribution is 2.33. The smallest absolute Gasteiger partial charge is 0.255 e. The van der Waals surface area contributed by atoms with Crippen molar-refractivity contribution in [1.82, 2.24) is 4.90 Å². The van der Waals surface area contributed by atoms with Gasteiger partial charge in [-0.2, -0.15) is 0 Å². The number of carbonyl (C=O) groups excluding carboxylic acids is 2. The van der Waals surface area contributed by atoms with Crippen molar-refractivity contribution in [3.8, 4) is 11.5 Å². The van der Waals surface area contributed by atoms with Gasteiger partial charge in [-0.25, -0.2) is 8.42 Å². The first-order valence-corrected chi connectivity index (χ1v) is 12.5. The molecule has 1 aliphatic heterocycles. The van der Waals surface area contributed by atoms with Crippen LogP contribution in [0.2, 0.25) is 0 Å². The largest absolute Gasteiger partial charge is 0.497 e. The van der Waals surface area contributed by atoms with Crippen molar-refractivity contribution >= 4 is 33.2 Å². The van der Waals surface area contributed by atoms with Crippen molar-refractivity contribution in [1.29, 1.82) is 0 Å². The average molecular weight is 476 g/mol. The van der Waals surface area contributed by atoms with Crippen LogP contribution >= 0.6 is 0 Å². The molecule has 2 aromatic rings. The lowest BCUT2D eigenvalue weighted by atomic mass is 10.1. The fourth-order valence-corrected chi connectivity index (χ4v) is 4.59. The molecule has 2 aromatic carbocycles. The van der Waals surface area contributed by atoms with E-state index in [1.807, 2.05) is 0 Å². The van der Waals surface area contributed by atoms with E-state index < -0.39 is 22.5 Å². The number of hydrogen-bond donors (Lipinski definition) is 1. The summed E-state index contributed by atoms with van der Waals surface area (Å²) in [6.45, 7) is 0.853. The molecular formula is C23H29N3O6S. The zero-order chi connectivity index (χ0) is 24.0. The predicted molar refractivity (Wildman–Crippen MR) is 127 cm³/mol. The lowest BCUT2D eigenvalue weighted by Crippen LogP contribution is -2.38. The maximum Gasteiger partial charge on any atom is 0.255 e. The van der Waals surface area contributed by atoms with Crippen LogP contribution in [0.5, 0.6) is 11.5 Å². The Balaban J connectivity index is 1.85.